The molecule has 5 heterocycles. The number of anilines is 1. The number of benzene rings is 1. The molecule has 4 aliphatic heterocycles. The second-order valence-electron chi connectivity index (χ2n) is 8.81. The molecule has 0 radical (unpaired) electrons. The molecular weight excluding hydrogens is 370 g/mol. The summed E-state index contributed by atoms with van der Waals surface area (Å²) in [6, 6.07) is 8.98. The van der Waals surface area contributed by atoms with Crippen LogP contribution in [0.4, 0.5) is 5.69 Å². The van der Waals surface area contributed by atoms with Crippen molar-refractivity contribution in [1.29, 1.82) is 0 Å². The van der Waals surface area contributed by atoms with Crippen molar-refractivity contribution in [1.82, 2.24) is 10.2 Å². The van der Waals surface area contributed by atoms with Crippen molar-refractivity contribution in [2.75, 3.05) is 44.3 Å². The maximum Gasteiger partial charge on any atom is 0.261 e. The Hall–Kier alpha value is -1.63. The van der Waals surface area contributed by atoms with Gasteiger partial charge in [0.1, 0.15) is 0 Å². The molecular formula is C22H27N3O2S. The summed E-state index contributed by atoms with van der Waals surface area (Å²) in [7, 11) is 0. The van der Waals surface area contributed by atoms with Crippen LogP contribution < -0.4 is 10.2 Å². The van der Waals surface area contributed by atoms with Gasteiger partial charge in [-0.15, -0.1) is 11.3 Å². The SMILES string of the molecule is O=C(NC1C2CCN(CC2)C12CC2)c1cc2ccc(N3CCOCC3)cc2s1. The highest BCUT2D eigenvalue weighted by Crippen LogP contribution is 2.53. The van der Waals surface area contributed by atoms with Gasteiger partial charge in [-0.2, -0.15) is 0 Å². The standard InChI is InChI=1S/C22H27N3O2S/c26-21(23-20-15-3-7-25(8-4-15)22(20)5-6-22)19-13-16-1-2-17(14-18(16)28-19)24-9-11-27-12-10-24/h1-2,13-15,20H,3-12H2,(H,23,26). The van der Waals surface area contributed by atoms with Crippen LogP contribution in [0.2, 0.25) is 0 Å². The molecule has 1 spiro atoms. The van der Waals surface area contributed by atoms with Crippen LogP contribution >= 0.6 is 11.3 Å². The third kappa shape index (κ3) is 2.69. The lowest BCUT2D eigenvalue weighted by Gasteiger charge is -2.52. The summed E-state index contributed by atoms with van der Waals surface area (Å²) in [6.45, 7) is 5.90. The first-order valence-corrected chi connectivity index (χ1v) is 11.5. The molecule has 5 nitrogen and oxygen atoms in total. The first kappa shape index (κ1) is 17.2. The van der Waals surface area contributed by atoms with Crippen LogP contribution in [0.5, 0.6) is 0 Å². The molecule has 1 aliphatic carbocycles. The van der Waals surface area contributed by atoms with Gasteiger partial charge in [-0.3, -0.25) is 9.69 Å². The Kier molecular flexibility index (Phi) is 3.97. The molecule has 7 rings (SSSR count). The Morgan fingerprint density at radius 1 is 1.11 bits per heavy atom. The van der Waals surface area contributed by atoms with E-state index in [4.69, 9.17) is 4.74 Å². The van der Waals surface area contributed by atoms with Crippen molar-refractivity contribution in [2.45, 2.75) is 37.3 Å². The van der Waals surface area contributed by atoms with Crippen molar-refractivity contribution in [3.63, 3.8) is 0 Å². The van der Waals surface area contributed by atoms with Crippen molar-refractivity contribution in [3.8, 4) is 0 Å². The third-order valence-corrected chi connectivity index (χ3v) is 8.47. The van der Waals surface area contributed by atoms with E-state index in [1.807, 2.05) is 0 Å². The molecule has 2 bridgehead atoms. The van der Waals surface area contributed by atoms with Crippen molar-refractivity contribution >= 4 is 33.0 Å². The van der Waals surface area contributed by atoms with E-state index in [-0.39, 0.29) is 11.4 Å². The summed E-state index contributed by atoms with van der Waals surface area (Å²) in [5, 5.41) is 4.63. The Balaban J connectivity index is 1.23. The summed E-state index contributed by atoms with van der Waals surface area (Å²) in [6.07, 6.45) is 4.98. The van der Waals surface area contributed by atoms with Gasteiger partial charge >= 0.3 is 0 Å². The molecule has 1 aromatic carbocycles. The molecule has 1 aromatic heterocycles. The second kappa shape index (κ2) is 6.44. The Bertz CT molecular complexity index is 908. The number of nitrogens with one attached hydrogen (secondary N) is 1. The number of carbonyl (C=O) groups excluding carboxylic acids is 1. The number of nitrogens with zero attached hydrogens (tertiary/aromatic N) is 2. The second-order valence-corrected chi connectivity index (χ2v) is 9.90. The predicted octanol–water partition coefficient (Wildman–Crippen LogP) is 3.09. The van der Waals surface area contributed by atoms with Gasteiger partial charge in [-0.05, 0) is 68.3 Å². The molecule has 4 saturated heterocycles. The average molecular weight is 398 g/mol. The maximum absolute atomic E-state index is 13.1. The van der Waals surface area contributed by atoms with Crippen LogP contribution in [0, 0.1) is 5.92 Å². The molecule has 6 heteroatoms. The zero-order chi connectivity index (χ0) is 18.7. The maximum atomic E-state index is 13.1. The summed E-state index contributed by atoms with van der Waals surface area (Å²) in [4.78, 5) is 19.0. The van der Waals surface area contributed by atoms with Gasteiger partial charge in [0.15, 0.2) is 0 Å². The number of morpholine rings is 1. The summed E-state index contributed by atoms with van der Waals surface area (Å²) >= 11 is 1.63. The van der Waals surface area contributed by atoms with E-state index in [1.54, 1.807) is 11.3 Å². The van der Waals surface area contributed by atoms with Crippen molar-refractivity contribution in [3.05, 3.63) is 29.1 Å². The number of carbonyl (C=O) groups is 1. The van der Waals surface area contributed by atoms with Crippen LogP contribution in [0.15, 0.2) is 24.3 Å². The first-order valence-electron chi connectivity index (χ1n) is 10.7. The van der Waals surface area contributed by atoms with E-state index in [2.05, 4.69) is 39.4 Å². The van der Waals surface area contributed by atoms with Gasteiger partial charge in [0.25, 0.3) is 5.91 Å². The number of piperidine rings is 3. The molecule has 5 fully saturated rings. The Labute approximate surface area is 169 Å². The molecule has 1 N–H and O–H groups in total. The molecule has 5 aliphatic rings. The molecule has 1 saturated carbocycles. The monoisotopic (exact) mass is 397 g/mol. The van der Waals surface area contributed by atoms with Crippen LogP contribution in [0.3, 0.4) is 0 Å². The normalized spacial score (nSPS) is 30.7. The van der Waals surface area contributed by atoms with Gasteiger partial charge in [-0.1, -0.05) is 6.07 Å². The lowest BCUT2D eigenvalue weighted by Crippen LogP contribution is -2.65. The number of amides is 1. The smallest absolute Gasteiger partial charge is 0.261 e. The molecule has 1 amide bonds. The minimum atomic E-state index is 0.124. The number of fused-ring (bicyclic) bond motifs is 3. The summed E-state index contributed by atoms with van der Waals surface area (Å²) in [5.41, 5.74) is 1.52. The molecule has 28 heavy (non-hydrogen) atoms. The number of hydrogen-bond donors (Lipinski definition) is 1. The van der Waals surface area contributed by atoms with Gasteiger partial charge in [0, 0.05) is 29.0 Å². The largest absolute Gasteiger partial charge is 0.378 e. The van der Waals surface area contributed by atoms with Crippen LogP contribution in [0.25, 0.3) is 10.1 Å². The molecule has 2 aromatic rings. The van der Waals surface area contributed by atoms with Crippen molar-refractivity contribution in [2.24, 2.45) is 5.92 Å². The fourth-order valence-corrected chi connectivity index (χ4v) is 6.68. The molecule has 148 valence electrons. The number of thiophene rings is 1. The van der Waals surface area contributed by atoms with Crippen LogP contribution in [-0.4, -0.2) is 61.8 Å². The van der Waals surface area contributed by atoms with Gasteiger partial charge in [-0.25, -0.2) is 0 Å². The highest BCUT2D eigenvalue weighted by molar-refractivity contribution is 7.20. The average Bonchev–Trinajstić information content (AvgIpc) is 3.40. The first-order chi connectivity index (χ1) is 13.7. The summed E-state index contributed by atoms with van der Waals surface area (Å²) in [5.74, 6) is 0.790. The van der Waals surface area contributed by atoms with Crippen molar-refractivity contribution < 1.29 is 9.53 Å². The minimum absolute atomic E-state index is 0.124. The lowest BCUT2D eigenvalue weighted by atomic mass is 9.77. The number of ether oxygens (including phenoxy) is 1. The van der Waals surface area contributed by atoms with E-state index < -0.39 is 0 Å². The number of rotatable bonds is 3. The highest BCUT2D eigenvalue weighted by Gasteiger charge is 2.60. The Morgan fingerprint density at radius 2 is 1.89 bits per heavy atom. The van der Waals surface area contributed by atoms with E-state index in [0.29, 0.717) is 12.0 Å². The highest BCUT2D eigenvalue weighted by atomic mass is 32.1. The van der Waals surface area contributed by atoms with E-state index in [0.717, 1.165) is 31.2 Å². The van der Waals surface area contributed by atoms with E-state index in [9.17, 15) is 4.79 Å². The zero-order valence-electron chi connectivity index (χ0n) is 16.2. The molecule has 1 unspecified atom stereocenters. The van der Waals surface area contributed by atoms with Gasteiger partial charge in [0.2, 0.25) is 0 Å². The molecule has 1 atom stereocenters. The topological polar surface area (TPSA) is 44.8 Å². The van der Waals surface area contributed by atoms with Crippen LogP contribution in [0.1, 0.15) is 35.4 Å². The summed E-state index contributed by atoms with van der Waals surface area (Å²) < 4.78 is 6.66. The quantitative estimate of drug-likeness (QED) is 0.865. The number of hydrogen-bond acceptors (Lipinski definition) is 5. The minimum Gasteiger partial charge on any atom is -0.378 e. The third-order valence-electron chi connectivity index (χ3n) is 7.37. The fourth-order valence-electron chi connectivity index (χ4n) is 5.68. The Morgan fingerprint density at radius 3 is 2.64 bits per heavy atom. The van der Waals surface area contributed by atoms with Gasteiger partial charge < -0.3 is 15.0 Å². The zero-order valence-corrected chi connectivity index (χ0v) is 17.0. The predicted molar refractivity (Wildman–Crippen MR) is 112 cm³/mol. The lowest BCUT2D eigenvalue weighted by molar-refractivity contribution is -0.00138. The van der Waals surface area contributed by atoms with Crippen LogP contribution in [-0.2, 0) is 4.74 Å². The van der Waals surface area contributed by atoms with E-state index >= 15 is 0 Å². The van der Waals surface area contributed by atoms with Gasteiger partial charge in [0.05, 0.1) is 24.1 Å². The fraction of sp³-hybridized carbons (Fsp3) is 0.591. The van der Waals surface area contributed by atoms with E-state index in [1.165, 1.54) is 54.5 Å².